The van der Waals surface area contributed by atoms with Crippen molar-refractivity contribution in [3.63, 3.8) is 0 Å². The van der Waals surface area contributed by atoms with Gasteiger partial charge in [-0.2, -0.15) is 0 Å². The summed E-state index contributed by atoms with van der Waals surface area (Å²) in [6, 6.07) is 4.80. The molecule has 3 rings (SSSR count). The molecule has 1 aromatic carbocycles. The van der Waals surface area contributed by atoms with Crippen molar-refractivity contribution in [1.82, 2.24) is 0 Å². The molecule has 0 aliphatic carbocycles. The Kier molecular flexibility index (Phi) is 7.94. The molecule has 7 N–H and O–H groups in total. The van der Waals surface area contributed by atoms with Crippen LogP contribution in [0.4, 0.5) is 5.69 Å². The van der Waals surface area contributed by atoms with Gasteiger partial charge in [-0.25, -0.2) is 0 Å². The Morgan fingerprint density at radius 3 is 1.88 bits per heavy atom. The van der Waals surface area contributed by atoms with E-state index in [0.717, 1.165) is 12.1 Å². The minimum Gasteiger partial charge on any atom is -0.462 e. The maximum Gasteiger partial charge on any atom is 0.269 e. The number of hydrogen-bond donors (Lipinski definition) is 7. The Balaban J connectivity index is 1.81. The molecule has 2 fully saturated rings. The van der Waals surface area contributed by atoms with Crippen LogP contribution in [0, 0.1) is 10.1 Å². The van der Waals surface area contributed by atoms with Crippen molar-refractivity contribution in [3.8, 4) is 5.75 Å². The number of rotatable bonds is 7. The van der Waals surface area contributed by atoms with Crippen LogP contribution in [0.2, 0.25) is 0 Å². The van der Waals surface area contributed by atoms with E-state index in [-0.39, 0.29) is 11.4 Å². The van der Waals surface area contributed by atoms with Crippen molar-refractivity contribution >= 4 is 5.69 Å². The Hall–Kier alpha value is -1.98. The van der Waals surface area contributed by atoms with Gasteiger partial charge in [0.25, 0.3) is 5.69 Å². The highest BCUT2D eigenvalue weighted by molar-refractivity contribution is 5.36. The van der Waals surface area contributed by atoms with Crippen LogP contribution < -0.4 is 4.74 Å². The monoisotopic (exact) mass is 463 g/mol. The van der Waals surface area contributed by atoms with Crippen LogP contribution >= 0.6 is 0 Å². The lowest BCUT2D eigenvalue weighted by atomic mass is 9.97. The third-order valence-electron chi connectivity index (χ3n) is 5.26. The van der Waals surface area contributed by atoms with E-state index in [1.807, 2.05) is 0 Å². The average molecular weight is 463 g/mol. The molecular weight excluding hydrogens is 438 g/mol. The van der Waals surface area contributed by atoms with E-state index in [1.165, 1.54) is 12.1 Å². The van der Waals surface area contributed by atoms with Crippen molar-refractivity contribution < 1.29 is 59.6 Å². The molecule has 2 saturated heterocycles. The van der Waals surface area contributed by atoms with Gasteiger partial charge in [-0.1, -0.05) is 0 Å². The Morgan fingerprint density at radius 1 is 0.812 bits per heavy atom. The molecule has 2 heterocycles. The predicted octanol–water partition coefficient (Wildman–Crippen LogP) is -3.40. The number of benzene rings is 1. The first kappa shape index (κ1) is 24.7. The van der Waals surface area contributed by atoms with Gasteiger partial charge in [-0.15, -0.1) is 0 Å². The summed E-state index contributed by atoms with van der Waals surface area (Å²) in [6.07, 6.45) is -15.8. The largest absolute Gasteiger partial charge is 0.462 e. The fourth-order valence-corrected chi connectivity index (χ4v) is 3.41. The molecule has 0 spiro atoms. The molecule has 180 valence electrons. The summed E-state index contributed by atoms with van der Waals surface area (Å²) in [5.41, 5.74) is -0.209. The van der Waals surface area contributed by atoms with Crippen LogP contribution in [0.15, 0.2) is 24.3 Å². The zero-order chi connectivity index (χ0) is 23.6. The van der Waals surface area contributed by atoms with Crippen LogP contribution in [0.5, 0.6) is 5.75 Å². The molecule has 10 atom stereocenters. The number of hydrogen-bond acceptors (Lipinski definition) is 13. The minimum atomic E-state index is -1.80. The van der Waals surface area contributed by atoms with Crippen molar-refractivity contribution in [2.24, 2.45) is 0 Å². The number of ether oxygens (including phenoxy) is 4. The highest BCUT2D eigenvalue weighted by Gasteiger charge is 2.51. The fourth-order valence-electron chi connectivity index (χ4n) is 3.41. The van der Waals surface area contributed by atoms with Crippen molar-refractivity contribution in [3.05, 3.63) is 34.4 Å². The Morgan fingerprint density at radius 2 is 1.34 bits per heavy atom. The third-order valence-corrected chi connectivity index (χ3v) is 5.26. The summed E-state index contributed by atoms with van der Waals surface area (Å²) < 4.78 is 21.8. The molecule has 2 aliphatic rings. The quantitative estimate of drug-likeness (QED) is 0.155. The molecule has 14 nitrogen and oxygen atoms in total. The van der Waals surface area contributed by atoms with Gasteiger partial charge in [0.2, 0.25) is 6.29 Å². The summed E-state index contributed by atoms with van der Waals surface area (Å²) in [5, 5.41) is 80.3. The van der Waals surface area contributed by atoms with Gasteiger partial charge < -0.3 is 54.7 Å². The lowest BCUT2D eigenvalue weighted by molar-refractivity contribution is -0.384. The first-order valence-corrected chi connectivity index (χ1v) is 9.67. The molecule has 0 saturated carbocycles. The van der Waals surface area contributed by atoms with E-state index in [1.54, 1.807) is 0 Å². The van der Waals surface area contributed by atoms with Crippen molar-refractivity contribution in [1.29, 1.82) is 0 Å². The SMILES string of the molecule is O=[N+]([O-])c1ccc(O[C@@H]2O[C@H](CO)[C@@H](O)[C@H](O)[C@@H]2O[C@H]2O[C@H](CO)[C@H](O)[C@H](O)[C@H]2O)cc1. The summed E-state index contributed by atoms with van der Waals surface area (Å²) in [6.45, 7) is -1.41. The second-order valence-corrected chi connectivity index (χ2v) is 7.37. The highest BCUT2D eigenvalue weighted by atomic mass is 16.8. The third kappa shape index (κ3) is 4.99. The number of aliphatic hydroxyl groups excluding tert-OH is 7. The zero-order valence-electron chi connectivity index (χ0n) is 16.5. The van der Waals surface area contributed by atoms with E-state index in [0.29, 0.717) is 0 Å². The van der Waals surface area contributed by atoms with Crippen LogP contribution in [-0.4, -0.2) is 115 Å². The summed E-state index contributed by atoms with van der Waals surface area (Å²) >= 11 is 0. The standard InChI is InChI=1S/C18H25NO13/c20-5-9-11(22)13(24)15(26)17(30-9)32-16-14(25)12(23)10(6-21)31-18(16)29-8-3-1-7(2-4-8)19(27)28/h1-4,9-18,20-26H,5-6H2/t9-,10-,11+,12-,13+,14+,15-,16+,17-,18-/m1/s1. The predicted molar refractivity (Wildman–Crippen MR) is 100 cm³/mol. The van der Waals surface area contributed by atoms with Crippen LogP contribution in [0.1, 0.15) is 0 Å². The molecule has 14 heteroatoms. The smallest absolute Gasteiger partial charge is 0.269 e. The molecule has 2 aliphatic heterocycles. The highest BCUT2D eigenvalue weighted by Crippen LogP contribution is 2.31. The number of nitrogens with zero attached hydrogens (tertiary/aromatic N) is 1. The molecular formula is C18H25NO13. The molecule has 0 amide bonds. The molecule has 0 aromatic heterocycles. The van der Waals surface area contributed by atoms with Gasteiger partial charge in [-0.3, -0.25) is 10.1 Å². The molecule has 0 radical (unpaired) electrons. The van der Waals surface area contributed by atoms with Gasteiger partial charge in [0, 0.05) is 12.1 Å². The second kappa shape index (κ2) is 10.3. The summed E-state index contributed by atoms with van der Waals surface area (Å²) in [7, 11) is 0. The average Bonchev–Trinajstić information content (AvgIpc) is 2.78. The number of aliphatic hydroxyl groups is 7. The normalized spacial score (nSPS) is 40.1. The Labute approximate surface area is 180 Å². The van der Waals surface area contributed by atoms with E-state index in [2.05, 4.69) is 0 Å². The van der Waals surface area contributed by atoms with Gasteiger partial charge in [0.15, 0.2) is 12.4 Å². The summed E-state index contributed by atoms with van der Waals surface area (Å²) in [5.74, 6) is 0.0586. The molecule has 1 aromatic rings. The van der Waals surface area contributed by atoms with Crippen LogP contribution in [0.25, 0.3) is 0 Å². The van der Waals surface area contributed by atoms with Crippen LogP contribution in [0.3, 0.4) is 0 Å². The van der Waals surface area contributed by atoms with Gasteiger partial charge in [-0.05, 0) is 12.1 Å². The maximum atomic E-state index is 10.8. The van der Waals surface area contributed by atoms with Crippen LogP contribution in [-0.2, 0) is 14.2 Å². The van der Waals surface area contributed by atoms with E-state index < -0.39 is 79.5 Å². The summed E-state index contributed by atoms with van der Waals surface area (Å²) in [4.78, 5) is 10.2. The number of nitro groups is 1. The molecule has 0 unspecified atom stereocenters. The van der Waals surface area contributed by atoms with Gasteiger partial charge in [0.05, 0.1) is 18.1 Å². The van der Waals surface area contributed by atoms with Gasteiger partial charge in [0.1, 0.15) is 48.5 Å². The number of nitro benzene ring substituents is 1. The van der Waals surface area contributed by atoms with Crippen molar-refractivity contribution in [2.75, 3.05) is 13.2 Å². The Bertz CT molecular complexity index is 762. The number of non-ortho nitro benzene ring substituents is 1. The van der Waals surface area contributed by atoms with Crippen molar-refractivity contribution in [2.45, 2.75) is 61.4 Å². The lowest BCUT2D eigenvalue weighted by Crippen LogP contribution is -2.65. The first-order chi connectivity index (χ1) is 15.2. The fraction of sp³-hybridized carbons (Fsp3) is 0.667. The molecule has 0 bridgehead atoms. The first-order valence-electron chi connectivity index (χ1n) is 9.67. The van der Waals surface area contributed by atoms with Gasteiger partial charge >= 0.3 is 0 Å². The van der Waals surface area contributed by atoms with E-state index in [9.17, 15) is 45.9 Å². The minimum absolute atomic E-state index is 0.0586. The van der Waals surface area contributed by atoms with E-state index >= 15 is 0 Å². The van der Waals surface area contributed by atoms with E-state index in [4.69, 9.17) is 18.9 Å². The maximum absolute atomic E-state index is 10.8. The molecule has 32 heavy (non-hydrogen) atoms. The second-order valence-electron chi connectivity index (χ2n) is 7.37. The lowest BCUT2D eigenvalue weighted by Gasteiger charge is -2.45. The topological polar surface area (TPSA) is 222 Å². The zero-order valence-corrected chi connectivity index (χ0v) is 16.5.